The summed E-state index contributed by atoms with van der Waals surface area (Å²) >= 11 is 0. The van der Waals surface area contributed by atoms with Gasteiger partial charge in [0, 0.05) is 41.4 Å². The van der Waals surface area contributed by atoms with Gasteiger partial charge in [0.25, 0.3) is 0 Å². The van der Waals surface area contributed by atoms with Gasteiger partial charge in [-0.25, -0.2) is 0 Å². The molecule has 1 aromatic carbocycles. The van der Waals surface area contributed by atoms with Crippen molar-refractivity contribution in [3.05, 3.63) is 29.3 Å². The molecule has 0 aliphatic carbocycles. The molecule has 0 aromatic heterocycles. The molecule has 1 aliphatic rings. The van der Waals surface area contributed by atoms with Gasteiger partial charge in [0.1, 0.15) is 5.75 Å². The van der Waals surface area contributed by atoms with E-state index in [9.17, 15) is 4.21 Å². The molecule has 0 saturated carbocycles. The van der Waals surface area contributed by atoms with Crippen LogP contribution in [0.5, 0.6) is 5.75 Å². The lowest BCUT2D eigenvalue weighted by atomic mass is 10.1. The first-order chi connectivity index (χ1) is 10.2. The fraction of sp³-hybridized carbons (Fsp3) is 0.625. The first-order valence-electron chi connectivity index (χ1n) is 7.56. The fourth-order valence-electron chi connectivity index (χ4n) is 2.53. The van der Waals surface area contributed by atoms with Gasteiger partial charge >= 0.3 is 0 Å². The van der Waals surface area contributed by atoms with Crippen molar-refractivity contribution >= 4 is 10.8 Å². The van der Waals surface area contributed by atoms with Gasteiger partial charge in [-0.2, -0.15) is 0 Å². The Hall–Kier alpha value is -0.910. The topological polar surface area (TPSA) is 47.6 Å². The molecule has 0 bridgehead atoms. The van der Waals surface area contributed by atoms with Gasteiger partial charge in [-0.1, -0.05) is 13.0 Å². The van der Waals surface area contributed by atoms with Gasteiger partial charge in [0.15, 0.2) is 0 Å². The molecule has 1 N–H and O–H groups in total. The second-order valence-electron chi connectivity index (χ2n) is 5.26. The van der Waals surface area contributed by atoms with Gasteiger partial charge in [0.05, 0.1) is 12.9 Å². The lowest BCUT2D eigenvalue weighted by Gasteiger charge is -2.22. The maximum absolute atomic E-state index is 12.5. The Kier molecular flexibility index (Phi) is 6.67. The highest BCUT2D eigenvalue weighted by Crippen LogP contribution is 2.24. The van der Waals surface area contributed by atoms with Crippen LogP contribution in [0.2, 0.25) is 0 Å². The van der Waals surface area contributed by atoms with Crippen molar-refractivity contribution in [3.63, 3.8) is 0 Å². The summed E-state index contributed by atoms with van der Waals surface area (Å²) in [6.07, 6.45) is 1.79. The van der Waals surface area contributed by atoms with E-state index in [1.165, 1.54) is 5.56 Å². The number of hydrogen-bond donors (Lipinski definition) is 1. The molecule has 1 aliphatic heterocycles. The fourth-order valence-corrected chi connectivity index (χ4v) is 4.02. The van der Waals surface area contributed by atoms with Gasteiger partial charge in [-0.05, 0) is 37.1 Å². The van der Waals surface area contributed by atoms with E-state index in [4.69, 9.17) is 9.47 Å². The van der Waals surface area contributed by atoms with Gasteiger partial charge in [-0.3, -0.25) is 4.21 Å². The third-order valence-corrected chi connectivity index (χ3v) is 5.57. The quantitative estimate of drug-likeness (QED) is 0.839. The SMILES string of the molecule is CCNCc1ccc(OC)c(CS(=O)C2CCOCC2)c1. The molecule has 4 nitrogen and oxygen atoms in total. The van der Waals surface area contributed by atoms with Crippen LogP contribution in [0.3, 0.4) is 0 Å². The molecule has 1 heterocycles. The summed E-state index contributed by atoms with van der Waals surface area (Å²) in [5.74, 6) is 1.39. The molecule has 1 atom stereocenters. The summed E-state index contributed by atoms with van der Waals surface area (Å²) in [6, 6.07) is 6.14. The zero-order chi connectivity index (χ0) is 15.1. The summed E-state index contributed by atoms with van der Waals surface area (Å²) < 4.78 is 23.3. The van der Waals surface area contributed by atoms with Crippen LogP contribution >= 0.6 is 0 Å². The maximum Gasteiger partial charge on any atom is 0.123 e. The summed E-state index contributed by atoms with van der Waals surface area (Å²) in [5.41, 5.74) is 2.24. The highest BCUT2D eigenvalue weighted by molar-refractivity contribution is 7.84. The molecule has 1 unspecified atom stereocenters. The molecule has 1 aromatic rings. The predicted octanol–water partition coefficient (Wildman–Crippen LogP) is 2.23. The molecule has 1 saturated heterocycles. The highest BCUT2D eigenvalue weighted by Gasteiger charge is 2.21. The Labute approximate surface area is 129 Å². The van der Waals surface area contributed by atoms with Gasteiger partial charge in [0.2, 0.25) is 0 Å². The minimum absolute atomic E-state index is 0.251. The van der Waals surface area contributed by atoms with Gasteiger partial charge in [-0.15, -0.1) is 0 Å². The minimum Gasteiger partial charge on any atom is -0.496 e. The first-order valence-corrected chi connectivity index (χ1v) is 8.94. The Morgan fingerprint density at radius 3 is 2.81 bits per heavy atom. The molecular formula is C16H25NO3S. The van der Waals surface area contributed by atoms with Crippen LogP contribution < -0.4 is 10.1 Å². The summed E-state index contributed by atoms with van der Waals surface area (Å²) in [6.45, 7) is 5.32. The third kappa shape index (κ3) is 4.80. The molecule has 0 spiro atoms. The maximum atomic E-state index is 12.5. The van der Waals surface area contributed by atoms with E-state index in [1.807, 2.05) is 6.07 Å². The van der Waals surface area contributed by atoms with E-state index in [2.05, 4.69) is 24.4 Å². The summed E-state index contributed by atoms with van der Waals surface area (Å²) in [7, 11) is 0.803. The molecule has 2 rings (SSSR count). The standard InChI is InChI=1S/C16H25NO3S/c1-3-17-11-13-4-5-16(19-2)14(10-13)12-21(18)15-6-8-20-9-7-15/h4-5,10,15,17H,3,6-9,11-12H2,1-2H3. The molecule has 5 heteroatoms. The second kappa shape index (κ2) is 8.51. The molecule has 0 radical (unpaired) electrons. The molecule has 21 heavy (non-hydrogen) atoms. The summed E-state index contributed by atoms with van der Waals surface area (Å²) in [4.78, 5) is 0. The third-order valence-electron chi connectivity index (χ3n) is 3.76. The van der Waals surface area contributed by atoms with E-state index < -0.39 is 10.8 Å². The molecule has 118 valence electrons. The van der Waals surface area contributed by atoms with Crippen molar-refractivity contribution in [3.8, 4) is 5.75 Å². The van der Waals surface area contributed by atoms with Crippen molar-refractivity contribution < 1.29 is 13.7 Å². The van der Waals surface area contributed by atoms with Crippen LogP contribution in [-0.4, -0.2) is 36.3 Å². The molecular weight excluding hydrogens is 286 g/mol. The largest absolute Gasteiger partial charge is 0.496 e. The average molecular weight is 311 g/mol. The minimum atomic E-state index is -0.864. The smallest absolute Gasteiger partial charge is 0.123 e. The van der Waals surface area contributed by atoms with E-state index in [0.717, 1.165) is 50.5 Å². The van der Waals surface area contributed by atoms with Crippen molar-refractivity contribution in [2.75, 3.05) is 26.9 Å². The van der Waals surface area contributed by atoms with Crippen molar-refractivity contribution in [1.29, 1.82) is 0 Å². The van der Waals surface area contributed by atoms with E-state index in [0.29, 0.717) is 5.75 Å². The van der Waals surface area contributed by atoms with Crippen molar-refractivity contribution in [2.45, 2.75) is 37.3 Å². The lowest BCUT2D eigenvalue weighted by molar-refractivity contribution is 0.0992. The highest BCUT2D eigenvalue weighted by atomic mass is 32.2. The van der Waals surface area contributed by atoms with Crippen LogP contribution in [0.15, 0.2) is 18.2 Å². The number of benzene rings is 1. The number of hydrogen-bond acceptors (Lipinski definition) is 4. The monoisotopic (exact) mass is 311 g/mol. The molecule has 1 fully saturated rings. The predicted molar refractivity (Wildman–Crippen MR) is 86.1 cm³/mol. The van der Waals surface area contributed by atoms with E-state index >= 15 is 0 Å². The van der Waals surface area contributed by atoms with Crippen LogP contribution in [0.25, 0.3) is 0 Å². The summed E-state index contributed by atoms with van der Waals surface area (Å²) in [5, 5.41) is 3.56. The number of nitrogens with one attached hydrogen (secondary N) is 1. The zero-order valence-electron chi connectivity index (χ0n) is 12.9. The Morgan fingerprint density at radius 2 is 2.14 bits per heavy atom. The number of methoxy groups -OCH3 is 1. The van der Waals surface area contributed by atoms with E-state index in [-0.39, 0.29) is 5.25 Å². The van der Waals surface area contributed by atoms with E-state index in [1.54, 1.807) is 7.11 Å². The average Bonchev–Trinajstić information content (AvgIpc) is 2.54. The van der Waals surface area contributed by atoms with Gasteiger partial charge < -0.3 is 14.8 Å². The Bertz CT molecular complexity index is 473. The number of ether oxygens (including phenoxy) is 2. The lowest BCUT2D eigenvalue weighted by Crippen LogP contribution is -2.25. The van der Waals surface area contributed by atoms with Crippen LogP contribution in [0.1, 0.15) is 30.9 Å². The van der Waals surface area contributed by atoms with Crippen LogP contribution in [0.4, 0.5) is 0 Å². The van der Waals surface area contributed by atoms with Crippen LogP contribution in [0, 0.1) is 0 Å². The normalized spacial score (nSPS) is 17.6. The first kappa shape index (κ1) is 16.5. The van der Waals surface area contributed by atoms with Crippen molar-refractivity contribution in [1.82, 2.24) is 5.32 Å². The zero-order valence-corrected chi connectivity index (χ0v) is 13.7. The van der Waals surface area contributed by atoms with Crippen LogP contribution in [-0.2, 0) is 27.8 Å². The molecule has 0 amide bonds. The Balaban J connectivity index is 2.06. The van der Waals surface area contributed by atoms with Crippen molar-refractivity contribution in [2.24, 2.45) is 0 Å². The second-order valence-corrected chi connectivity index (χ2v) is 6.98. The number of rotatable bonds is 7. The Morgan fingerprint density at radius 1 is 1.38 bits per heavy atom.